The monoisotopic (exact) mass is 410 g/mol. The van der Waals surface area contributed by atoms with Crippen LogP contribution in [-0.4, -0.2) is 50.6 Å². The van der Waals surface area contributed by atoms with E-state index in [2.05, 4.69) is 5.32 Å². The second-order valence-electron chi connectivity index (χ2n) is 6.94. The van der Waals surface area contributed by atoms with E-state index in [9.17, 15) is 9.59 Å². The van der Waals surface area contributed by atoms with Crippen LogP contribution in [-0.2, 0) is 24.8 Å². The molecule has 8 heteroatoms. The fourth-order valence-corrected chi connectivity index (χ4v) is 3.61. The summed E-state index contributed by atoms with van der Waals surface area (Å²) in [6.45, 7) is 2.14. The van der Waals surface area contributed by atoms with Crippen molar-refractivity contribution in [2.75, 3.05) is 27.4 Å². The zero-order valence-corrected chi connectivity index (χ0v) is 16.9. The van der Waals surface area contributed by atoms with E-state index in [0.717, 1.165) is 0 Å². The molecule has 2 aromatic carbocycles. The van der Waals surface area contributed by atoms with Crippen LogP contribution < -0.4 is 14.8 Å². The SMILES string of the molecule is CCOC(=O)[C@@]1([C@@]2(c3cc(OC)cc(OC)c3)N=C(c3ccccc3)C(=O)O2)CN1. The van der Waals surface area contributed by atoms with Gasteiger partial charge < -0.3 is 18.9 Å². The molecule has 0 aliphatic carbocycles. The quantitative estimate of drug-likeness (QED) is 0.548. The van der Waals surface area contributed by atoms with E-state index in [-0.39, 0.29) is 18.9 Å². The van der Waals surface area contributed by atoms with Gasteiger partial charge in [-0.1, -0.05) is 30.3 Å². The molecule has 2 aliphatic heterocycles. The van der Waals surface area contributed by atoms with Crippen LogP contribution in [0.4, 0.5) is 0 Å². The number of carbonyl (C=O) groups is 2. The standard InChI is InChI=1S/C22H22N2O6/c1-4-29-20(26)21(13-23-21)22(15-10-16(27-2)12-17(11-15)28-3)24-18(19(25)30-22)14-8-6-5-7-9-14/h5-12,23H,4,13H2,1-3H3/t21-,22+/m1/s1. The van der Waals surface area contributed by atoms with Gasteiger partial charge in [0.2, 0.25) is 0 Å². The number of nitrogens with one attached hydrogen (secondary N) is 1. The predicted octanol–water partition coefficient (Wildman–Crippen LogP) is 1.81. The third kappa shape index (κ3) is 3.00. The number of hydrogen-bond acceptors (Lipinski definition) is 8. The molecule has 0 radical (unpaired) electrons. The van der Waals surface area contributed by atoms with Gasteiger partial charge in [-0.15, -0.1) is 0 Å². The molecule has 0 spiro atoms. The Kier molecular flexibility index (Phi) is 4.95. The molecule has 0 saturated carbocycles. The molecule has 0 aromatic heterocycles. The molecule has 30 heavy (non-hydrogen) atoms. The van der Waals surface area contributed by atoms with Crippen molar-refractivity contribution in [3.63, 3.8) is 0 Å². The van der Waals surface area contributed by atoms with Crippen LogP contribution in [0.1, 0.15) is 18.1 Å². The van der Waals surface area contributed by atoms with Crippen LogP contribution in [0.15, 0.2) is 53.5 Å². The number of esters is 2. The van der Waals surface area contributed by atoms with Crippen LogP contribution >= 0.6 is 0 Å². The van der Waals surface area contributed by atoms with Crippen molar-refractivity contribution in [3.8, 4) is 11.5 Å². The molecule has 2 heterocycles. The molecule has 1 saturated heterocycles. The van der Waals surface area contributed by atoms with E-state index in [1.165, 1.54) is 14.2 Å². The van der Waals surface area contributed by atoms with Crippen molar-refractivity contribution in [3.05, 3.63) is 59.7 Å². The van der Waals surface area contributed by atoms with Crippen LogP contribution in [0.3, 0.4) is 0 Å². The van der Waals surface area contributed by atoms with Crippen molar-refractivity contribution >= 4 is 17.7 Å². The van der Waals surface area contributed by atoms with Crippen LogP contribution in [0.2, 0.25) is 0 Å². The van der Waals surface area contributed by atoms with Crippen molar-refractivity contribution in [1.29, 1.82) is 0 Å². The number of methoxy groups -OCH3 is 2. The van der Waals surface area contributed by atoms with Gasteiger partial charge in [-0.05, 0) is 19.1 Å². The molecule has 0 amide bonds. The van der Waals surface area contributed by atoms with E-state index in [1.807, 2.05) is 6.07 Å². The highest BCUT2D eigenvalue weighted by Gasteiger charge is 2.72. The smallest absolute Gasteiger partial charge is 0.359 e. The van der Waals surface area contributed by atoms with Gasteiger partial charge >= 0.3 is 11.9 Å². The Hall–Kier alpha value is -3.39. The van der Waals surface area contributed by atoms with Crippen molar-refractivity contribution < 1.29 is 28.5 Å². The number of nitrogens with zero attached hydrogens (tertiary/aromatic N) is 1. The Labute approximate surface area is 173 Å². The van der Waals surface area contributed by atoms with E-state index in [4.69, 9.17) is 23.9 Å². The number of ether oxygens (including phenoxy) is 4. The highest BCUT2D eigenvalue weighted by molar-refractivity contribution is 6.44. The normalized spacial score (nSPS) is 24.6. The third-order valence-electron chi connectivity index (χ3n) is 5.23. The number of rotatable bonds is 7. The van der Waals surface area contributed by atoms with Crippen LogP contribution in [0, 0.1) is 0 Å². The van der Waals surface area contributed by atoms with Crippen LogP contribution in [0.25, 0.3) is 0 Å². The zero-order valence-electron chi connectivity index (χ0n) is 16.9. The maximum atomic E-state index is 12.9. The summed E-state index contributed by atoms with van der Waals surface area (Å²) >= 11 is 0. The summed E-state index contributed by atoms with van der Waals surface area (Å²) in [5.41, 5.74) is -1.83. The molecule has 2 aliphatic rings. The highest BCUT2D eigenvalue weighted by atomic mass is 16.6. The number of aliphatic imine (C=N–C) groups is 1. The molecular weight excluding hydrogens is 388 g/mol. The number of hydrogen-bond donors (Lipinski definition) is 1. The number of carbonyl (C=O) groups excluding carboxylic acids is 2. The van der Waals surface area contributed by atoms with Gasteiger partial charge in [-0.25, -0.2) is 14.6 Å². The second kappa shape index (κ2) is 7.46. The average molecular weight is 410 g/mol. The van der Waals surface area contributed by atoms with Gasteiger partial charge in [-0.3, -0.25) is 5.32 Å². The van der Waals surface area contributed by atoms with Crippen molar-refractivity contribution in [1.82, 2.24) is 5.32 Å². The van der Waals surface area contributed by atoms with Gasteiger partial charge in [0.1, 0.15) is 11.5 Å². The van der Waals surface area contributed by atoms with Gasteiger partial charge in [0, 0.05) is 23.7 Å². The van der Waals surface area contributed by atoms with E-state index in [0.29, 0.717) is 22.6 Å². The Morgan fingerprint density at radius 1 is 1.13 bits per heavy atom. The maximum Gasteiger partial charge on any atom is 0.359 e. The summed E-state index contributed by atoms with van der Waals surface area (Å²) in [6.07, 6.45) is 0. The van der Waals surface area contributed by atoms with Crippen molar-refractivity contribution in [2.24, 2.45) is 4.99 Å². The second-order valence-corrected chi connectivity index (χ2v) is 6.94. The Balaban J connectivity index is 1.94. The molecule has 8 nitrogen and oxygen atoms in total. The minimum Gasteiger partial charge on any atom is -0.497 e. The summed E-state index contributed by atoms with van der Waals surface area (Å²) in [4.78, 5) is 30.6. The molecule has 2 atom stereocenters. The lowest BCUT2D eigenvalue weighted by Crippen LogP contribution is -2.50. The van der Waals surface area contributed by atoms with Crippen LogP contribution in [0.5, 0.6) is 11.5 Å². The minimum atomic E-state index is -1.66. The van der Waals surface area contributed by atoms with Gasteiger partial charge in [0.05, 0.1) is 20.8 Å². The molecule has 0 bridgehead atoms. The van der Waals surface area contributed by atoms with E-state index in [1.54, 1.807) is 49.4 Å². The highest BCUT2D eigenvalue weighted by Crippen LogP contribution is 2.49. The predicted molar refractivity (Wildman–Crippen MR) is 108 cm³/mol. The van der Waals surface area contributed by atoms with E-state index < -0.39 is 23.2 Å². The minimum absolute atomic E-state index is 0.134. The molecular formula is C22H22N2O6. The lowest BCUT2D eigenvalue weighted by molar-refractivity contribution is -0.164. The summed E-state index contributed by atoms with van der Waals surface area (Å²) in [5, 5.41) is 3.04. The maximum absolute atomic E-state index is 12.9. The first-order valence-corrected chi connectivity index (χ1v) is 9.54. The Bertz CT molecular complexity index is 993. The Morgan fingerprint density at radius 3 is 2.30 bits per heavy atom. The molecule has 1 fully saturated rings. The van der Waals surface area contributed by atoms with E-state index >= 15 is 0 Å². The first kappa shape index (κ1) is 19.9. The zero-order chi connectivity index (χ0) is 21.4. The average Bonchev–Trinajstić information content (AvgIpc) is 3.52. The van der Waals surface area contributed by atoms with Crippen molar-refractivity contribution in [2.45, 2.75) is 18.2 Å². The molecule has 4 rings (SSSR count). The molecule has 0 unspecified atom stereocenters. The summed E-state index contributed by atoms with van der Waals surface area (Å²) in [6, 6.07) is 14.0. The Morgan fingerprint density at radius 2 is 1.77 bits per heavy atom. The lowest BCUT2D eigenvalue weighted by atomic mass is 9.88. The summed E-state index contributed by atoms with van der Waals surface area (Å²) < 4.78 is 21.9. The first-order valence-electron chi connectivity index (χ1n) is 9.54. The first-order chi connectivity index (χ1) is 14.5. The number of cyclic esters (lactones) is 1. The fourth-order valence-electron chi connectivity index (χ4n) is 3.61. The van der Waals surface area contributed by atoms with Gasteiger partial charge in [0.15, 0.2) is 11.3 Å². The topological polar surface area (TPSA) is 105 Å². The third-order valence-corrected chi connectivity index (χ3v) is 5.23. The summed E-state index contributed by atoms with van der Waals surface area (Å²) in [5.74, 6) is -0.219. The molecule has 1 N–H and O–H groups in total. The largest absolute Gasteiger partial charge is 0.497 e. The van der Waals surface area contributed by atoms with Gasteiger partial charge in [-0.2, -0.15) is 0 Å². The lowest BCUT2D eigenvalue weighted by Gasteiger charge is -2.31. The molecule has 156 valence electrons. The van der Waals surface area contributed by atoms with Gasteiger partial charge in [0.25, 0.3) is 5.72 Å². The summed E-state index contributed by atoms with van der Waals surface area (Å²) in [7, 11) is 3.03. The molecule has 2 aromatic rings. The fraction of sp³-hybridized carbons (Fsp3) is 0.318. The number of benzene rings is 2.